The molecule has 0 amide bonds. The number of hydrazine groups is 1. The van der Waals surface area contributed by atoms with Gasteiger partial charge in [-0.2, -0.15) is 0 Å². The van der Waals surface area contributed by atoms with Gasteiger partial charge in [0.05, 0.1) is 6.04 Å². The average Bonchev–Trinajstić information content (AvgIpc) is 2.36. The van der Waals surface area contributed by atoms with Gasteiger partial charge >= 0.3 is 0 Å². The van der Waals surface area contributed by atoms with Gasteiger partial charge in [-0.15, -0.1) is 0 Å². The summed E-state index contributed by atoms with van der Waals surface area (Å²) in [6.45, 7) is 0. The first-order valence-electron chi connectivity index (χ1n) is 5.13. The molecule has 0 bridgehead atoms. The Balaban J connectivity index is 2.46. The molecule has 0 spiro atoms. The van der Waals surface area contributed by atoms with Gasteiger partial charge in [0.2, 0.25) is 0 Å². The summed E-state index contributed by atoms with van der Waals surface area (Å²) in [5.41, 5.74) is 11.3. The van der Waals surface area contributed by atoms with Crippen LogP contribution >= 0.6 is 15.9 Å². The van der Waals surface area contributed by atoms with Crippen molar-refractivity contribution in [2.24, 2.45) is 5.84 Å². The number of nitrogens with one attached hydrogen (secondary N) is 1. The second-order valence-electron chi connectivity index (χ2n) is 3.66. The molecule has 1 atom stereocenters. The fourth-order valence-corrected chi connectivity index (χ4v) is 2.09. The first kappa shape index (κ1) is 12.0. The molecule has 0 aliphatic heterocycles. The molecule has 0 aliphatic carbocycles. The summed E-state index contributed by atoms with van der Waals surface area (Å²) in [6.07, 6.45) is 3.49. The van der Waals surface area contributed by atoms with Crippen LogP contribution < -0.4 is 17.0 Å². The molecule has 17 heavy (non-hydrogen) atoms. The van der Waals surface area contributed by atoms with E-state index >= 15 is 0 Å². The number of rotatable bonds is 3. The molecule has 0 saturated carbocycles. The van der Waals surface area contributed by atoms with Crippen molar-refractivity contribution >= 4 is 21.6 Å². The number of hydrogen-bond donors (Lipinski definition) is 3. The number of halogens is 1. The second kappa shape index (κ2) is 5.27. The molecule has 0 aliphatic rings. The number of nitrogen functional groups attached to an aromatic ring is 1. The summed E-state index contributed by atoms with van der Waals surface area (Å²) in [4.78, 5) is 4.08. The molecule has 88 valence electrons. The van der Waals surface area contributed by atoms with E-state index in [1.54, 1.807) is 12.4 Å². The quantitative estimate of drug-likeness (QED) is 0.459. The van der Waals surface area contributed by atoms with Gasteiger partial charge < -0.3 is 5.73 Å². The maximum Gasteiger partial charge on any atom is 0.0745 e. The number of benzene rings is 1. The lowest BCUT2D eigenvalue weighted by Gasteiger charge is -2.18. The van der Waals surface area contributed by atoms with Gasteiger partial charge in [0.1, 0.15) is 0 Å². The summed E-state index contributed by atoms with van der Waals surface area (Å²) in [6, 6.07) is 9.36. The van der Waals surface area contributed by atoms with Crippen LogP contribution in [0.1, 0.15) is 17.2 Å². The third-order valence-electron chi connectivity index (χ3n) is 2.54. The minimum absolute atomic E-state index is 0.166. The molecule has 0 saturated heterocycles. The van der Waals surface area contributed by atoms with Crippen molar-refractivity contribution in [2.45, 2.75) is 6.04 Å². The lowest BCUT2D eigenvalue weighted by molar-refractivity contribution is 0.636. The highest BCUT2D eigenvalue weighted by Gasteiger charge is 2.15. The lowest BCUT2D eigenvalue weighted by atomic mass is 9.99. The first-order valence-corrected chi connectivity index (χ1v) is 5.92. The maximum absolute atomic E-state index is 5.97. The van der Waals surface area contributed by atoms with Crippen LogP contribution in [0.4, 0.5) is 5.69 Å². The van der Waals surface area contributed by atoms with Gasteiger partial charge in [0.15, 0.2) is 0 Å². The number of pyridine rings is 1. The van der Waals surface area contributed by atoms with Crippen molar-refractivity contribution in [3.8, 4) is 0 Å². The average molecular weight is 293 g/mol. The standard InChI is InChI=1S/C12H13BrN4/c13-9-3-4-11(14)10(6-9)12(17-15)8-2-1-5-16-7-8/h1-7,12,17H,14-15H2. The monoisotopic (exact) mass is 292 g/mol. The first-order chi connectivity index (χ1) is 8.22. The predicted octanol–water partition coefficient (Wildman–Crippen LogP) is 1.98. The molecule has 2 rings (SSSR count). The van der Waals surface area contributed by atoms with Crippen LogP contribution in [0.5, 0.6) is 0 Å². The minimum Gasteiger partial charge on any atom is -0.398 e. The molecule has 5 N–H and O–H groups in total. The Bertz CT molecular complexity index is 501. The lowest BCUT2D eigenvalue weighted by Crippen LogP contribution is -2.29. The largest absolute Gasteiger partial charge is 0.398 e. The van der Waals surface area contributed by atoms with Crippen LogP contribution in [-0.4, -0.2) is 4.98 Å². The van der Waals surface area contributed by atoms with Gasteiger partial charge in [-0.25, -0.2) is 5.43 Å². The van der Waals surface area contributed by atoms with Crippen molar-refractivity contribution in [3.05, 3.63) is 58.3 Å². The van der Waals surface area contributed by atoms with Gasteiger partial charge in [-0.1, -0.05) is 22.0 Å². The van der Waals surface area contributed by atoms with E-state index in [0.29, 0.717) is 5.69 Å². The van der Waals surface area contributed by atoms with E-state index < -0.39 is 0 Å². The van der Waals surface area contributed by atoms with E-state index in [1.165, 1.54) is 0 Å². The molecule has 2 aromatic rings. The Morgan fingerprint density at radius 3 is 2.76 bits per heavy atom. The fourth-order valence-electron chi connectivity index (χ4n) is 1.71. The molecule has 0 fully saturated rings. The van der Waals surface area contributed by atoms with Crippen LogP contribution in [0.15, 0.2) is 47.2 Å². The molecule has 1 unspecified atom stereocenters. The Morgan fingerprint density at radius 1 is 1.29 bits per heavy atom. The summed E-state index contributed by atoms with van der Waals surface area (Å²) >= 11 is 3.43. The normalized spacial score (nSPS) is 12.4. The highest BCUT2D eigenvalue weighted by atomic mass is 79.9. The summed E-state index contributed by atoms with van der Waals surface area (Å²) in [5.74, 6) is 5.61. The van der Waals surface area contributed by atoms with E-state index in [1.807, 2.05) is 30.3 Å². The number of nitrogens with zero attached hydrogens (tertiary/aromatic N) is 1. The van der Waals surface area contributed by atoms with E-state index in [9.17, 15) is 0 Å². The smallest absolute Gasteiger partial charge is 0.0745 e. The molecule has 4 nitrogen and oxygen atoms in total. The van der Waals surface area contributed by atoms with Crippen molar-refractivity contribution in [2.75, 3.05) is 5.73 Å². The van der Waals surface area contributed by atoms with Crippen molar-refractivity contribution in [1.82, 2.24) is 10.4 Å². The Labute approximate surface area is 108 Å². The van der Waals surface area contributed by atoms with Gasteiger partial charge in [0, 0.05) is 22.6 Å². The van der Waals surface area contributed by atoms with Crippen molar-refractivity contribution < 1.29 is 0 Å². The molecular weight excluding hydrogens is 280 g/mol. The number of aromatic nitrogens is 1. The number of nitrogens with two attached hydrogens (primary N) is 2. The molecule has 5 heteroatoms. The second-order valence-corrected chi connectivity index (χ2v) is 4.57. The fraction of sp³-hybridized carbons (Fsp3) is 0.0833. The van der Waals surface area contributed by atoms with Gasteiger partial charge in [-0.05, 0) is 35.4 Å². The summed E-state index contributed by atoms with van der Waals surface area (Å²) < 4.78 is 0.964. The van der Waals surface area contributed by atoms with Crippen LogP contribution in [-0.2, 0) is 0 Å². The van der Waals surface area contributed by atoms with Gasteiger partial charge in [-0.3, -0.25) is 10.8 Å². The number of anilines is 1. The third-order valence-corrected chi connectivity index (χ3v) is 3.04. The van der Waals surface area contributed by atoms with Crippen molar-refractivity contribution in [1.29, 1.82) is 0 Å². The SMILES string of the molecule is NNC(c1cccnc1)c1cc(Br)ccc1N. The predicted molar refractivity (Wildman–Crippen MR) is 72.0 cm³/mol. The highest BCUT2D eigenvalue weighted by molar-refractivity contribution is 9.10. The van der Waals surface area contributed by atoms with Crippen LogP contribution in [0.3, 0.4) is 0 Å². The Hall–Kier alpha value is -1.43. The van der Waals surface area contributed by atoms with E-state index in [0.717, 1.165) is 15.6 Å². The van der Waals surface area contributed by atoms with E-state index in [2.05, 4.69) is 26.3 Å². The Morgan fingerprint density at radius 2 is 2.12 bits per heavy atom. The van der Waals surface area contributed by atoms with Crippen LogP contribution in [0.25, 0.3) is 0 Å². The zero-order valence-corrected chi connectivity index (χ0v) is 10.7. The molecule has 1 heterocycles. The molecular formula is C12H13BrN4. The van der Waals surface area contributed by atoms with Crippen LogP contribution in [0, 0.1) is 0 Å². The van der Waals surface area contributed by atoms with E-state index in [4.69, 9.17) is 11.6 Å². The topological polar surface area (TPSA) is 77.0 Å². The zero-order valence-electron chi connectivity index (χ0n) is 9.10. The van der Waals surface area contributed by atoms with Crippen LogP contribution in [0.2, 0.25) is 0 Å². The zero-order chi connectivity index (χ0) is 12.3. The Kier molecular flexibility index (Phi) is 3.73. The highest BCUT2D eigenvalue weighted by Crippen LogP contribution is 2.28. The molecule has 1 aromatic carbocycles. The molecule has 1 aromatic heterocycles. The summed E-state index contributed by atoms with van der Waals surface area (Å²) in [7, 11) is 0. The summed E-state index contributed by atoms with van der Waals surface area (Å²) in [5, 5.41) is 0. The van der Waals surface area contributed by atoms with Gasteiger partial charge in [0.25, 0.3) is 0 Å². The molecule has 0 radical (unpaired) electrons. The van der Waals surface area contributed by atoms with Crippen molar-refractivity contribution in [3.63, 3.8) is 0 Å². The number of hydrogen-bond acceptors (Lipinski definition) is 4. The third kappa shape index (κ3) is 2.63. The maximum atomic E-state index is 5.97. The van der Waals surface area contributed by atoms with E-state index in [-0.39, 0.29) is 6.04 Å². The minimum atomic E-state index is -0.166.